The highest BCUT2D eigenvalue weighted by atomic mass is 32.1. The third-order valence-corrected chi connectivity index (χ3v) is 5.79. The Bertz CT molecular complexity index is 1010. The summed E-state index contributed by atoms with van der Waals surface area (Å²) in [5, 5.41) is 2.94. The minimum absolute atomic E-state index is 0.0653. The summed E-state index contributed by atoms with van der Waals surface area (Å²) in [6, 6.07) is 13.7. The van der Waals surface area contributed by atoms with Crippen molar-refractivity contribution in [3.63, 3.8) is 0 Å². The van der Waals surface area contributed by atoms with Crippen LogP contribution in [-0.2, 0) is 4.79 Å². The monoisotopic (exact) mass is 409 g/mol. The van der Waals surface area contributed by atoms with Crippen LogP contribution in [0.15, 0.2) is 60.2 Å². The second-order valence-corrected chi connectivity index (χ2v) is 7.92. The number of nitrogens with zero attached hydrogens (tertiary/aromatic N) is 2. The second-order valence-electron chi connectivity index (χ2n) is 7.03. The van der Waals surface area contributed by atoms with Crippen molar-refractivity contribution >= 4 is 28.8 Å². The standard InChI is InChI=1S/C22H20FN3O2S/c23-18-5-1-3-16(11-18)15-6-8-19(9-7-15)25-21(27)17-4-2-10-26(13-17)22(28)20-12-24-14-29-20/h1,3,5-9,11-12,14,17H,2,4,10,13H2,(H,25,27)/t17-/m0/s1. The summed E-state index contributed by atoms with van der Waals surface area (Å²) >= 11 is 1.31. The molecule has 1 aliphatic heterocycles. The molecule has 1 aliphatic rings. The average molecular weight is 409 g/mol. The quantitative estimate of drug-likeness (QED) is 0.693. The van der Waals surface area contributed by atoms with E-state index in [1.165, 1.54) is 23.5 Å². The SMILES string of the molecule is O=C(Nc1ccc(-c2cccc(F)c2)cc1)[C@H]1CCCN(C(=O)c2cncs2)C1. The Morgan fingerprint density at radius 2 is 1.97 bits per heavy atom. The number of carbonyl (C=O) groups is 2. The molecular weight excluding hydrogens is 389 g/mol. The van der Waals surface area contributed by atoms with Crippen molar-refractivity contribution in [1.82, 2.24) is 9.88 Å². The fraction of sp³-hybridized carbons (Fsp3) is 0.227. The van der Waals surface area contributed by atoms with Gasteiger partial charge in [-0.15, -0.1) is 11.3 Å². The maximum atomic E-state index is 13.4. The lowest BCUT2D eigenvalue weighted by molar-refractivity contribution is -0.121. The Morgan fingerprint density at radius 1 is 1.14 bits per heavy atom. The smallest absolute Gasteiger partial charge is 0.265 e. The van der Waals surface area contributed by atoms with Crippen molar-refractivity contribution in [2.24, 2.45) is 5.92 Å². The number of carbonyl (C=O) groups excluding carboxylic acids is 2. The van der Waals surface area contributed by atoms with Gasteiger partial charge in [0.1, 0.15) is 10.7 Å². The predicted molar refractivity (Wildman–Crippen MR) is 111 cm³/mol. The highest BCUT2D eigenvalue weighted by molar-refractivity contribution is 7.11. The lowest BCUT2D eigenvalue weighted by Gasteiger charge is -2.31. The molecule has 0 saturated carbocycles. The van der Waals surface area contributed by atoms with E-state index in [1.807, 2.05) is 18.2 Å². The number of aromatic nitrogens is 1. The Kier molecular flexibility index (Phi) is 5.67. The molecule has 7 heteroatoms. The van der Waals surface area contributed by atoms with Gasteiger partial charge in [0.25, 0.3) is 5.91 Å². The molecule has 0 aliphatic carbocycles. The third-order valence-electron chi connectivity index (χ3n) is 5.03. The molecule has 29 heavy (non-hydrogen) atoms. The summed E-state index contributed by atoms with van der Waals surface area (Å²) in [5.74, 6) is -0.687. The minimum Gasteiger partial charge on any atom is -0.337 e. The third kappa shape index (κ3) is 4.51. The van der Waals surface area contributed by atoms with E-state index in [9.17, 15) is 14.0 Å². The van der Waals surface area contributed by atoms with Crippen LogP contribution in [0.1, 0.15) is 22.5 Å². The Hall–Kier alpha value is -3.06. The number of anilines is 1. The maximum Gasteiger partial charge on any atom is 0.265 e. The van der Waals surface area contributed by atoms with Crippen molar-refractivity contribution in [1.29, 1.82) is 0 Å². The Morgan fingerprint density at radius 3 is 2.69 bits per heavy atom. The highest BCUT2D eigenvalue weighted by Gasteiger charge is 2.29. The molecule has 1 fully saturated rings. The van der Waals surface area contributed by atoms with E-state index < -0.39 is 0 Å². The molecule has 3 aromatic rings. The van der Waals surface area contributed by atoms with E-state index in [0.29, 0.717) is 23.7 Å². The highest BCUT2D eigenvalue weighted by Crippen LogP contribution is 2.24. The second kappa shape index (κ2) is 8.53. The van der Waals surface area contributed by atoms with Gasteiger partial charge in [-0.25, -0.2) is 4.39 Å². The van der Waals surface area contributed by atoms with Crippen molar-refractivity contribution in [2.45, 2.75) is 12.8 Å². The fourth-order valence-electron chi connectivity index (χ4n) is 3.51. The number of likely N-dealkylation sites (tertiary alicyclic amines) is 1. The van der Waals surface area contributed by atoms with Gasteiger partial charge in [0.15, 0.2) is 0 Å². The van der Waals surface area contributed by atoms with Gasteiger partial charge in [-0.3, -0.25) is 14.6 Å². The fourth-order valence-corrected chi connectivity index (χ4v) is 4.10. The van der Waals surface area contributed by atoms with Crippen molar-refractivity contribution in [3.8, 4) is 11.1 Å². The van der Waals surface area contributed by atoms with E-state index in [0.717, 1.165) is 24.0 Å². The number of halogens is 1. The summed E-state index contributed by atoms with van der Waals surface area (Å²) in [4.78, 5) is 31.5. The van der Waals surface area contributed by atoms with Gasteiger partial charge >= 0.3 is 0 Å². The summed E-state index contributed by atoms with van der Waals surface area (Å²) < 4.78 is 13.4. The molecule has 1 saturated heterocycles. The summed E-state index contributed by atoms with van der Waals surface area (Å²) in [7, 11) is 0. The molecule has 2 amide bonds. The zero-order valence-corrected chi connectivity index (χ0v) is 16.5. The van der Waals surface area contributed by atoms with Gasteiger partial charge in [0.05, 0.1) is 17.6 Å². The summed E-state index contributed by atoms with van der Waals surface area (Å²) in [6.07, 6.45) is 3.11. The van der Waals surface area contributed by atoms with Gasteiger partial charge in [-0.05, 0) is 48.2 Å². The number of benzene rings is 2. The lowest BCUT2D eigenvalue weighted by atomic mass is 9.96. The van der Waals surface area contributed by atoms with Gasteiger partial charge in [0, 0.05) is 18.8 Å². The van der Waals surface area contributed by atoms with E-state index in [-0.39, 0.29) is 23.5 Å². The van der Waals surface area contributed by atoms with Crippen LogP contribution >= 0.6 is 11.3 Å². The van der Waals surface area contributed by atoms with E-state index in [4.69, 9.17) is 0 Å². The zero-order valence-electron chi connectivity index (χ0n) is 15.7. The zero-order chi connectivity index (χ0) is 20.2. The molecule has 4 rings (SSSR count). The Labute approximate surface area is 172 Å². The van der Waals surface area contributed by atoms with Crippen molar-refractivity contribution < 1.29 is 14.0 Å². The molecule has 5 nitrogen and oxygen atoms in total. The number of hydrogen-bond donors (Lipinski definition) is 1. The molecule has 0 radical (unpaired) electrons. The first-order chi connectivity index (χ1) is 14.1. The molecule has 148 valence electrons. The van der Waals surface area contributed by atoms with Crippen LogP contribution in [0.5, 0.6) is 0 Å². The van der Waals surface area contributed by atoms with Crippen LogP contribution in [-0.4, -0.2) is 34.8 Å². The molecule has 2 heterocycles. The maximum absolute atomic E-state index is 13.4. The van der Waals surface area contributed by atoms with Gasteiger partial charge in [-0.1, -0.05) is 24.3 Å². The molecule has 0 spiro atoms. The lowest BCUT2D eigenvalue weighted by Crippen LogP contribution is -2.43. The van der Waals surface area contributed by atoms with Crippen LogP contribution < -0.4 is 5.32 Å². The molecule has 1 aromatic heterocycles. The topological polar surface area (TPSA) is 62.3 Å². The van der Waals surface area contributed by atoms with Crippen molar-refractivity contribution in [3.05, 3.63) is 70.9 Å². The molecule has 1 N–H and O–H groups in total. The largest absolute Gasteiger partial charge is 0.337 e. The van der Waals surface area contributed by atoms with Gasteiger partial charge in [-0.2, -0.15) is 0 Å². The van der Waals surface area contributed by atoms with Crippen LogP contribution in [0.3, 0.4) is 0 Å². The van der Waals surface area contributed by atoms with E-state index >= 15 is 0 Å². The van der Waals surface area contributed by atoms with Crippen LogP contribution in [0.25, 0.3) is 11.1 Å². The first kappa shape index (κ1) is 19.3. The molecule has 1 atom stereocenters. The van der Waals surface area contributed by atoms with Crippen LogP contribution in [0.2, 0.25) is 0 Å². The number of rotatable bonds is 4. The average Bonchev–Trinajstić information content (AvgIpc) is 3.29. The minimum atomic E-state index is -0.283. The summed E-state index contributed by atoms with van der Waals surface area (Å²) in [6.45, 7) is 1.06. The predicted octanol–water partition coefficient (Wildman–Crippen LogP) is 4.44. The van der Waals surface area contributed by atoms with E-state index in [1.54, 1.807) is 34.8 Å². The van der Waals surface area contributed by atoms with Crippen LogP contribution in [0.4, 0.5) is 10.1 Å². The number of thiazole rings is 1. The van der Waals surface area contributed by atoms with Gasteiger partial charge in [0.2, 0.25) is 5.91 Å². The number of piperidine rings is 1. The number of amides is 2. The molecule has 2 aromatic carbocycles. The first-order valence-corrected chi connectivity index (χ1v) is 10.3. The number of hydrogen-bond acceptors (Lipinski definition) is 4. The van der Waals surface area contributed by atoms with Crippen molar-refractivity contribution in [2.75, 3.05) is 18.4 Å². The number of nitrogens with one attached hydrogen (secondary N) is 1. The van der Waals surface area contributed by atoms with Gasteiger partial charge < -0.3 is 10.2 Å². The van der Waals surface area contributed by atoms with E-state index in [2.05, 4.69) is 10.3 Å². The molecular formula is C22H20FN3O2S. The molecule has 0 unspecified atom stereocenters. The molecule has 0 bridgehead atoms. The summed E-state index contributed by atoms with van der Waals surface area (Å²) in [5.41, 5.74) is 3.98. The normalized spacial score (nSPS) is 16.4. The first-order valence-electron chi connectivity index (χ1n) is 9.45. The Balaban J connectivity index is 1.39. The van der Waals surface area contributed by atoms with Crippen LogP contribution in [0, 0.1) is 11.7 Å².